The highest BCUT2D eigenvalue weighted by Gasteiger charge is 2.27. The van der Waals surface area contributed by atoms with E-state index in [0.29, 0.717) is 0 Å². The van der Waals surface area contributed by atoms with Crippen molar-refractivity contribution in [2.45, 2.75) is 52.7 Å². The predicted molar refractivity (Wildman–Crippen MR) is 69.5 cm³/mol. The molecule has 5 heteroatoms. The summed E-state index contributed by atoms with van der Waals surface area (Å²) in [6.07, 6.45) is 1.50. The SMILES string of the molecule is CC(C)C(=O)OCC1CCC(COC(=O)C(C)C)O1. The molecule has 1 saturated heterocycles. The first-order valence-electron chi connectivity index (χ1n) is 6.88. The Hall–Kier alpha value is -1.10. The van der Waals surface area contributed by atoms with Crippen molar-refractivity contribution in [2.75, 3.05) is 13.2 Å². The normalized spacial score (nSPS) is 22.8. The molecule has 0 bridgehead atoms. The Morgan fingerprint density at radius 3 is 1.63 bits per heavy atom. The maximum Gasteiger partial charge on any atom is 0.308 e. The molecule has 1 heterocycles. The number of rotatable bonds is 6. The number of esters is 2. The van der Waals surface area contributed by atoms with Gasteiger partial charge in [0.1, 0.15) is 13.2 Å². The minimum atomic E-state index is -0.210. The summed E-state index contributed by atoms with van der Waals surface area (Å²) in [5.74, 6) is -0.662. The van der Waals surface area contributed by atoms with Crippen LogP contribution < -0.4 is 0 Å². The summed E-state index contributed by atoms with van der Waals surface area (Å²) in [5.41, 5.74) is 0. The summed E-state index contributed by atoms with van der Waals surface area (Å²) in [4.78, 5) is 22.6. The van der Waals surface area contributed by atoms with Crippen LogP contribution in [0, 0.1) is 11.8 Å². The average molecular weight is 272 g/mol. The van der Waals surface area contributed by atoms with Crippen LogP contribution in [-0.4, -0.2) is 37.4 Å². The lowest BCUT2D eigenvalue weighted by Gasteiger charge is -2.15. The minimum Gasteiger partial charge on any atom is -0.463 e. The van der Waals surface area contributed by atoms with Crippen molar-refractivity contribution < 1.29 is 23.8 Å². The summed E-state index contributed by atoms with van der Waals surface area (Å²) < 4.78 is 15.9. The maximum atomic E-state index is 11.3. The van der Waals surface area contributed by atoms with Crippen LogP contribution in [0.5, 0.6) is 0 Å². The molecule has 0 aromatic rings. The largest absolute Gasteiger partial charge is 0.463 e. The zero-order valence-corrected chi connectivity index (χ0v) is 12.2. The Labute approximate surface area is 114 Å². The molecule has 0 N–H and O–H groups in total. The highest BCUT2D eigenvalue weighted by molar-refractivity contribution is 5.71. The minimum absolute atomic E-state index is 0.0783. The lowest BCUT2D eigenvalue weighted by atomic mass is 10.2. The lowest BCUT2D eigenvalue weighted by molar-refractivity contribution is -0.154. The van der Waals surface area contributed by atoms with Crippen LogP contribution in [0.3, 0.4) is 0 Å². The van der Waals surface area contributed by atoms with Crippen LogP contribution in [0.1, 0.15) is 40.5 Å². The van der Waals surface area contributed by atoms with Crippen LogP contribution >= 0.6 is 0 Å². The van der Waals surface area contributed by atoms with Crippen molar-refractivity contribution in [3.05, 3.63) is 0 Å². The molecule has 0 radical (unpaired) electrons. The van der Waals surface area contributed by atoms with Crippen LogP contribution in [0.2, 0.25) is 0 Å². The summed E-state index contributed by atoms with van der Waals surface area (Å²) >= 11 is 0. The second kappa shape index (κ2) is 7.48. The fraction of sp³-hybridized carbons (Fsp3) is 0.857. The Morgan fingerprint density at radius 2 is 1.32 bits per heavy atom. The van der Waals surface area contributed by atoms with E-state index in [-0.39, 0.29) is 49.2 Å². The van der Waals surface area contributed by atoms with Crippen LogP contribution in [0.15, 0.2) is 0 Å². The van der Waals surface area contributed by atoms with Gasteiger partial charge >= 0.3 is 11.9 Å². The molecule has 1 rings (SSSR count). The smallest absolute Gasteiger partial charge is 0.308 e. The lowest BCUT2D eigenvalue weighted by Crippen LogP contribution is -2.25. The predicted octanol–water partition coefficient (Wildman–Crippen LogP) is 1.93. The Morgan fingerprint density at radius 1 is 0.947 bits per heavy atom. The molecule has 2 unspecified atom stereocenters. The Kier molecular flexibility index (Phi) is 6.28. The summed E-state index contributed by atoms with van der Waals surface area (Å²) in [5, 5.41) is 0. The van der Waals surface area contributed by atoms with Crippen molar-refractivity contribution >= 4 is 11.9 Å². The summed E-state index contributed by atoms with van der Waals surface area (Å²) in [6.45, 7) is 7.76. The van der Waals surface area contributed by atoms with Crippen LogP contribution in [0.25, 0.3) is 0 Å². The van der Waals surface area contributed by atoms with Gasteiger partial charge in [0.15, 0.2) is 0 Å². The van der Waals surface area contributed by atoms with E-state index in [4.69, 9.17) is 14.2 Å². The first kappa shape index (κ1) is 16.0. The van der Waals surface area contributed by atoms with Gasteiger partial charge in [-0.2, -0.15) is 0 Å². The zero-order chi connectivity index (χ0) is 14.4. The highest BCUT2D eigenvalue weighted by Crippen LogP contribution is 2.20. The van der Waals surface area contributed by atoms with E-state index in [2.05, 4.69) is 0 Å². The molecule has 0 amide bonds. The van der Waals surface area contributed by atoms with E-state index in [1.807, 2.05) is 0 Å². The van der Waals surface area contributed by atoms with E-state index in [1.165, 1.54) is 0 Å². The van der Waals surface area contributed by atoms with Crippen LogP contribution in [0.4, 0.5) is 0 Å². The van der Waals surface area contributed by atoms with Crippen LogP contribution in [-0.2, 0) is 23.8 Å². The fourth-order valence-electron chi connectivity index (χ4n) is 1.71. The van der Waals surface area contributed by atoms with Crippen molar-refractivity contribution in [3.8, 4) is 0 Å². The molecular weight excluding hydrogens is 248 g/mol. The molecule has 1 aliphatic rings. The van der Waals surface area contributed by atoms with E-state index < -0.39 is 0 Å². The van der Waals surface area contributed by atoms with Crippen molar-refractivity contribution in [1.82, 2.24) is 0 Å². The van der Waals surface area contributed by atoms with E-state index in [1.54, 1.807) is 27.7 Å². The molecule has 0 saturated carbocycles. The summed E-state index contributed by atoms with van der Waals surface area (Å²) in [7, 11) is 0. The topological polar surface area (TPSA) is 61.8 Å². The van der Waals surface area contributed by atoms with Gasteiger partial charge < -0.3 is 14.2 Å². The first-order chi connectivity index (χ1) is 8.90. The molecule has 110 valence electrons. The van der Waals surface area contributed by atoms with Gasteiger partial charge in [-0.1, -0.05) is 27.7 Å². The molecule has 0 aromatic heterocycles. The van der Waals surface area contributed by atoms with Gasteiger partial charge in [0.2, 0.25) is 0 Å². The van der Waals surface area contributed by atoms with Gasteiger partial charge in [-0.15, -0.1) is 0 Å². The van der Waals surface area contributed by atoms with Gasteiger partial charge in [-0.05, 0) is 12.8 Å². The average Bonchev–Trinajstić information content (AvgIpc) is 2.80. The van der Waals surface area contributed by atoms with Gasteiger partial charge in [0, 0.05) is 0 Å². The van der Waals surface area contributed by atoms with Gasteiger partial charge in [-0.25, -0.2) is 0 Å². The number of carbonyl (C=O) groups is 2. The van der Waals surface area contributed by atoms with Gasteiger partial charge in [0.25, 0.3) is 0 Å². The van der Waals surface area contributed by atoms with Gasteiger partial charge in [-0.3, -0.25) is 9.59 Å². The molecule has 0 spiro atoms. The van der Waals surface area contributed by atoms with E-state index in [9.17, 15) is 9.59 Å². The molecule has 19 heavy (non-hydrogen) atoms. The monoisotopic (exact) mass is 272 g/mol. The molecule has 1 aliphatic heterocycles. The highest BCUT2D eigenvalue weighted by atomic mass is 16.6. The standard InChI is InChI=1S/C14H24O5/c1-9(2)13(15)17-7-11-5-6-12(19-11)8-18-14(16)10(3)4/h9-12H,5-8H2,1-4H3. The number of hydrogen-bond donors (Lipinski definition) is 0. The first-order valence-corrected chi connectivity index (χ1v) is 6.88. The van der Waals surface area contributed by atoms with Crippen molar-refractivity contribution in [1.29, 1.82) is 0 Å². The summed E-state index contributed by atoms with van der Waals surface area (Å²) in [6, 6.07) is 0. The number of ether oxygens (including phenoxy) is 3. The number of hydrogen-bond acceptors (Lipinski definition) is 5. The van der Waals surface area contributed by atoms with Crippen molar-refractivity contribution in [2.24, 2.45) is 11.8 Å². The van der Waals surface area contributed by atoms with Gasteiger partial charge in [0.05, 0.1) is 24.0 Å². The molecular formula is C14H24O5. The Balaban J connectivity index is 2.19. The third kappa shape index (κ3) is 5.59. The molecule has 2 atom stereocenters. The second-order valence-electron chi connectivity index (χ2n) is 5.53. The molecule has 0 aliphatic carbocycles. The maximum absolute atomic E-state index is 11.3. The van der Waals surface area contributed by atoms with E-state index >= 15 is 0 Å². The Bertz CT molecular complexity index is 281. The number of carbonyl (C=O) groups excluding carboxylic acids is 2. The zero-order valence-electron chi connectivity index (χ0n) is 12.2. The third-order valence-electron chi connectivity index (χ3n) is 2.96. The van der Waals surface area contributed by atoms with E-state index in [0.717, 1.165) is 12.8 Å². The molecule has 5 nitrogen and oxygen atoms in total. The van der Waals surface area contributed by atoms with Crippen molar-refractivity contribution in [3.63, 3.8) is 0 Å². The quantitative estimate of drug-likeness (QED) is 0.691. The molecule has 1 fully saturated rings. The third-order valence-corrected chi connectivity index (χ3v) is 2.96. The molecule has 0 aromatic carbocycles. The second-order valence-corrected chi connectivity index (χ2v) is 5.53. The fourth-order valence-corrected chi connectivity index (χ4v) is 1.71.